The molecule has 1 heterocycles. The Morgan fingerprint density at radius 1 is 1.07 bits per heavy atom. The fourth-order valence-corrected chi connectivity index (χ4v) is 3.06. The van der Waals surface area contributed by atoms with Crippen LogP contribution in [0.1, 0.15) is 19.7 Å². The van der Waals surface area contributed by atoms with Gasteiger partial charge in [0.2, 0.25) is 5.91 Å². The van der Waals surface area contributed by atoms with E-state index >= 15 is 0 Å². The number of nitrogens with zero attached hydrogens (tertiary/aromatic N) is 2. The highest BCUT2D eigenvalue weighted by Crippen LogP contribution is 2.18. The summed E-state index contributed by atoms with van der Waals surface area (Å²) in [6, 6.07) is 16.3. The number of ether oxygens (including phenoxy) is 2. The Bertz CT molecular complexity index is 982. The zero-order chi connectivity index (χ0) is 20.8. The summed E-state index contributed by atoms with van der Waals surface area (Å²) in [5.41, 5.74) is 1.61. The largest absolute Gasteiger partial charge is 0.486 e. The molecule has 3 aromatic rings. The van der Waals surface area contributed by atoms with Gasteiger partial charge in [-0.15, -0.1) is 0 Å². The Kier molecular flexibility index (Phi) is 6.49. The molecule has 0 aliphatic heterocycles. The van der Waals surface area contributed by atoms with Crippen LogP contribution in [-0.4, -0.2) is 34.6 Å². The molecule has 0 aliphatic rings. The summed E-state index contributed by atoms with van der Waals surface area (Å²) >= 11 is 0. The second-order valence-electron chi connectivity index (χ2n) is 7.02. The van der Waals surface area contributed by atoms with Gasteiger partial charge in [0.05, 0.1) is 18.1 Å². The van der Waals surface area contributed by atoms with E-state index in [-0.39, 0.29) is 25.0 Å². The lowest BCUT2D eigenvalue weighted by Gasteiger charge is -2.20. The Labute approximate surface area is 169 Å². The third-order valence-electron chi connectivity index (χ3n) is 4.58. The van der Waals surface area contributed by atoms with Crippen LogP contribution in [0, 0.1) is 5.92 Å². The maximum absolute atomic E-state index is 12.7. The van der Waals surface area contributed by atoms with Crippen molar-refractivity contribution in [2.45, 2.75) is 33.0 Å². The zero-order valence-corrected chi connectivity index (χ0v) is 16.8. The van der Waals surface area contributed by atoms with E-state index in [9.17, 15) is 9.59 Å². The molecule has 0 saturated carbocycles. The van der Waals surface area contributed by atoms with Crippen LogP contribution in [0.15, 0.2) is 54.6 Å². The van der Waals surface area contributed by atoms with Crippen molar-refractivity contribution in [1.29, 1.82) is 0 Å². The lowest BCUT2D eigenvalue weighted by molar-refractivity contribution is -0.146. The highest BCUT2D eigenvalue weighted by Gasteiger charge is 2.25. The molecule has 1 aromatic heterocycles. The number of carbonyl (C=O) groups excluding carboxylic acids is 2. The quantitative estimate of drug-likeness (QED) is 0.593. The molecule has 0 aliphatic carbocycles. The highest BCUT2D eigenvalue weighted by molar-refractivity contribution is 5.86. The van der Waals surface area contributed by atoms with Gasteiger partial charge in [-0.2, -0.15) is 0 Å². The van der Waals surface area contributed by atoms with E-state index in [1.807, 2.05) is 73.0 Å². The van der Waals surface area contributed by atoms with Gasteiger partial charge >= 0.3 is 5.97 Å². The van der Waals surface area contributed by atoms with E-state index in [4.69, 9.17) is 9.47 Å². The van der Waals surface area contributed by atoms with Crippen molar-refractivity contribution < 1.29 is 19.1 Å². The Balaban J connectivity index is 1.81. The first kappa shape index (κ1) is 20.4. The van der Waals surface area contributed by atoms with Crippen LogP contribution in [-0.2, 0) is 27.5 Å². The topological polar surface area (TPSA) is 82.5 Å². The van der Waals surface area contributed by atoms with Crippen molar-refractivity contribution in [2.75, 3.05) is 7.11 Å². The first-order valence-corrected chi connectivity index (χ1v) is 9.48. The van der Waals surface area contributed by atoms with Crippen molar-refractivity contribution >= 4 is 22.9 Å². The molecule has 0 unspecified atom stereocenters. The smallest absolute Gasteiger partial charge is 0.328 e. The summed E-state index contributed by atoms with van der Waals surface area (Å²) in [7, 11) is 1.31. The average molecular weight is 395 g/mol. The molecule has 0 spiro atoms. The maximum Gasteiger partial charge on any atom is 0.328 e. The Morgan fingerprint density at radius 2 is 1.76 bits per heavy atom. The van der Waals surface area contributed by atoms with Crippen LogP contribution in [0.5, 0.6) is 5.75 Å². The van der Waals surface area contributed by atoms with Crippen LogP contribution in [0.4, 0.5) is 0 Å². The molecule has 2 aromatic carbocycles. The van der Waals surface area contributed by atoms with Crippen molar-refractivity contribution in [3.8, 4) is 5.75 Å². The molecule has 152 valence electrons. The van der Waals surface area contributed by atoms with Gasteiger partial charge in [-0.25, -0.2) is 9.78 Å². The van der Waals surface area contributed by atoms with E-state index in [0.29, 0.717) is 5.82 Å². The number of amides is 1. The monoisotopic (exact) mass is 395 g/mol. The number of nitrogens with one attached hydrogen (secondary N) is 1. The first-order chi connectivity index (χ1) is 14.0. The summed E-state index contributed by atoms with van der Waals surface area (Å²) in [6.07, 6.45) is 0. The molecule has 0 saturated heterocycles. The maximum atomic E-state index is 12.7. The zero-order valence-electron chi connectivity index (χ0n) is 16.8. The predicted octanol–water partition coefficient (Wildman–Crippen LogP) is 2.93. The van der Waals surface area contributed by atoms with Crippen molar-refractivity contribution in [3.05, 3.63) is 60.4 Å². The molecular weight excluding hydrogens is 370 g/mol. The molecule has 0 fully saturated rings. The number of carbonyl (C=O) groups is 2. The van der Waals surface area contributed by atoms with E-state index < -0.39 is 12.0 Å². The Morgan fingerprint density at radius 3 is 2.45 bits per heavy atom. The van der Waals surface area contributed by atoms with E-state index in [1.165, 1.54) is 7.11 Å². The van der Waals surface area contributed by atoms with E-state index in [1.54, 1.807) is 0 Å². The van der Waals surface area contributed by atoms with Gasteiger partial charge in [-0.05, 0) is 30.2 Å². The number of imidazole rings is 1. The molecule has 1 amide bonds. The molecule has 1 atom stereocenters. The second-order valence-corrected chi connectivity index (χ2v) is 7.02. The average Bonchev–Trinajstić information content (AvgIpc) is 3.08. The van der Waals surface area contributed by atoms with Gasteiger partial charge in [0.1, 0.15) is 30.8 Å². The molecule has 1 N–H and O–H groups in total. The van der Waals surface area contributed by atoms with Gasteiger partial charge in [0.25, 0.3) is 0 Å². The van der Waals surface area contributed by atoms with Gasteiger partial charge in [0.15, 0.2) is 0 Å². The predicted molar refractivity (Wildman–Crippen MR) is 109 cm³/mol. The summed E-state index contributed by atoms with van der Waals surface area (Å²) < 4.78 is 12.4. The SMILES string of the molecule is COC(=O)[C@@H](NC(=O)Cn1c(COc2ccccc2)nc2ccccc21)C(C)C. The molecule has 7 heteroatoms. The van der Waals surface area contributed by atoms with Crippen LogP contribution in [0.3, 0.4) is 0 Å². The molecule has 29 heavy (non-hydrogen) atoms. The number of para-hydroxylation sites is 3. The normalized spacial score (nSPS) is 12.0. The molecular formula is C22H25N3O4. The third kappa shape index (κ3) is 4.93. The van der Waals surface area contributed by atoms with E-state index in [0.717, 1.165) is 16.8 Å². The first-order valence-electron chi connectivity index (χ1n) is 9.48. The van der Waals surface area contributed by atoms with Crippen molar-refractivity contribution in [3.63, 3.8) is 0 Å². The van der Waals surface area contributed by atoms with Crippen LogP contribution in [0.2, 0.25) is 0 Å². The minimum absolute atomic E-state index is 0.0220. The number of hydrogen-bond donors (Lipinski definition) is 1. The van der Waals surface area contributed by atoms with Gasteiger partial charge in [0, 0.05) is 0 Å². The third-order valence-corrected chi connectivity index (χ3v) is 4.58. The van der Waals surface area contributed by atoms with Crippen LogP contribution >= 0.6 is 0 Å². The molecule has 0 bridgehead atoms. The number of rotatable bonds is 8. The van der Waals surface area contributed by atoms with Crippen LogP contribution in [0.25, 0.3) is 11.0 Å². The van der Waals surface area contributed by atoms with Gasteiger partial charge in [-0.3, -0.25) is 4.79 Å². The fourth-order valence-electron chi connectivity index (χ4n) is 3.06. The highest BCUT2D eigenvalue weighted by atomic mass is 16.5. The fraction of sp³-hybridized carbons (Fsp3) is 0.318. The number of hydrogen-bond acceptors (Lipinski definition) is 5. The van der Waals surface area contributed by atoms with Crippen molar-refractivity contribution in [1.82, 2.24) is 14.9 Å². The Hall–Kier alpha value is -3.35. The molecule has 0 radical (unpaired) electrons. The summed E-state index contributed by atoms with van der Waals surface area (Å²) in [5, 5.41) is 2.77. The number of aromatic nitrogens is 2. The lowest BCUT2D eigenvalue weighted by Crippen LogP contribution is -2.46. The van der Waals surface area contributed by atoms with Gasteiger partial charge in [-0.1, -0.05) is 44.2 Å². The number of fused-ring (bicyclic) bond motifs is 1. The molecule has 7 nitrogen and oxygen atoms in total. The lowest BCUT2D eigenvalue weighted by atomic mass is 10.0. The van der Waals surface area contributed by atoms with Gasteiger partial charge < -0.3 is 19.4 Å². The summed E-state index contributed by atoms with van der Waals surface area (Å²) in [5.74, 6) is 0.506. The van der Waals surface area contributed by atoms with Crippen LogP contribution < -0.4 is 10.1 Å². The second kappa shape index (κ2) is 9.23. The molecule has 3 rings (SSSR count). The number of benzene rings is 2. The summed E-state index contributed by atoms with van der Waals surface area (Å²) in [4.78, 5) is 29.3. The van der Waals surface area contributed by atoms with E-state index in [2.05, 4.69) is 10.3 Å². The summed E-state index contributed by atoms with van der Waals surface area (Å²) in [6.45, 7) is 3.95. The number of esters is 1. The van der Waals surface area contributed by atoms with Crippen molar-refractivity contribution in [2.24, 2.45) is 5.92 Å². The minimum Gasteiger partial charge on any atom is -0.486 e. The number of methoxy groups -OCH3 is 1. The standard InChI is InChI=1S/C22H25N3O4/c1-15(2)21(22(27)28-3)24-20(26)13-25-18-12-8-7-11-17(18)23-19(25)14-29-16-9-5-4-6-10-16/h4-12,15,21H,13-14H2,1-3H3,(H,24,26)/t21-/m0/s1. The minimum atomic E-state index is -0.702.